The quantitative estimate of drug-likeness (QED) is 0.829. The summed E-state index contributed by atoms with van der Waals surface area (Å²) in [6.45, 7) is 2.80. The maximum Gasteiger partial charge on any atom is 0.0862 e. The fraction of sp³-hybridized carbons (Fsp3) is 0.333. The summed E-state index contributed by atoms with van der Waals surface area (Å²) in [5, 5.41) is 14.2. The SMILES string of the molecule is CCn1cc(C(O)Cc2cnccc2N)cn1. The Bertz CT molecular complexity index is 495. The molecule has 2 aromatic heterocycles. The molecule has 1 atom stereocenters. The summed E-state index contributed by atoms with van der Waals surface area (Å²) >= 11 is 0. The minimum Gasteiger partial charge on any atom is -0.398 e. The lowest BCUT2D eigenvalue weighted by Crippen LogP contribution is -2.04. The van der Waals surface area contributed by atoms with Crippen LogP contribution >= 0.6 is 0 Å². The average Bonchev–Trinajstić information content (AvgIpc) is 2.81. The molecule has 0 aliphatic heterocycles. The molecular formula is C12H16N4O. The highest BCUT2D eigenvalue weighted by Crippen LogP contribution is 2.20. The van der Waals surface area contributed by atoms with E-state index in [2.05, 4.69) is 10.1 Å². The summed E-state index contributed by atoms with van der Waals surface area (Å²) in [5.74, 6) is 0. The van der Waals surface area contributed by atoms with Gasteiger partial charge in [0.05, 0.1) is 12.3 Å². The number of rotatable bonds is 4. The van der Waals surface area contributed by atoms with Gasteiger partial charge in [-0.3, -0.25) is 9.67 Å². The smallest absolute Gasteiger partial charge is 0.0862 e. The van der Waals surface area contributed by atoms with Crippen LogP contribution in [-0.4, -0.2) is 19.9 Å². The van der Waals surface area contributed by atoms with Crippen LogP contribution in [0, 0.1) is 0 Å². The molecule has 3 N–H and O–H groups in total. The number of aromatic nitrogens is 3. The number of aliphatic hydroxyl groups excluding tert-OH is 1. The number of hydrogen-bond acceptors (Lipinski definition) is 4. The van der Waals surface area contributed by atoms with E-state index in [4.69, 9.17) is 5.73 Å². The molecule has 17 heavy (non-hydrogen) atoms. The summed E-state index contributed by atoms with van der Waals surface area (Å²) in [5.41, 5.74) is 8.11. The van der Waals surface area contributed by atoms with E-state index >= 15 is 0 Å². The zero-order valence-corrected chi connectivity index (χ0v) is 9.74. The number of nitrogen functional groups attached to an aromatic ring is 1. The molecule has 1 unspecified atom stereocenters. The van der Waals surface area contributed by atoms with Crippen molar-refractivity contribution in [2.75, 3.05) is 5.73 Å². The fourth-order valence-electron chi connectivity index (χ4n) is 1.66. The first kappa shape index (κ1) is 11.6. The molecule has 2 rings (SSSR count). The molecule has 0 aliphatic carbocycles. The van der Waals surface area contributed by atoms with Crippen LogP contribution in [0.2, 0.25) is 0 Å². The Morgan fingerprint density at radius 2 is 2.29 bits per heavy atom. The van der Waals surface area contributed by atoms with Gasteiger partial charge in [0, 0.05) is 42.8 Å². The van der Waals surface area contributed by atoms with E-state index < -0.39 is 6.10 Å². The van der Waals surface area contributed by atoms with Crippen LogP contribution in [0.1, 0.15) is 24.2 Å². The van der Waals surface area contributed by atoms with E-state index in [9.17, 15) is 5.11 Å². The van der Waals surface area contributed by atoms with Crippen LogP contribution < -0.4 is 5.73 Å². The standard InChI is InChI=1S/C12H16N4O/c1-2-16-8-10(7-15-16)12(17)5-9-6-14-4-3-11(9)13/h3-4,6-8,12,17H,2,5H2,1H3,(H2,13,14). The van der Waals surface area contributed by atoms with Gasteiger partial charge in [0.1, 0.15) is 0 Å². The number of aliphatic hydroxyl groups is 1. The molecule has 0 aliphatic rings. The second-order valence-electron chi connectivity index (χ2n) is 3.92. The predicted molar refractivity (Wildman–Crippen MR) is 65.2 cm³/mol. The topological polar surface area (TPSA) is 77.0 Å². The molecule has 0 amide bonds. The zero-order valence-electron chi connectivity index (χ0n) is 9.74. The van der Waals surface area contributed by atoms with Gasteiger partial charge in [-0.15, -0.1) is 0 Å². The van der Waals surface area contributed by atoms with Crippen LogP contribution in [0.5, 0.6) is 0 Å². The number of aryl methyl sites for hydroxylation is 1. The fourth-order valence-corrected chi connectivity index (χ4v) is 1.66. The molecule has 0 radical (unpaired) electrons. The lowest BCUT2D eigenvalue weighted by atomic mass is 10.0. The van der Waals surface area contributed by atoms with Crippen LogP contribution in [-0.2, 0) is 13.0 Å². The first-order chi connectivity index (χ1) is 8.20. The van der Waals surface area contributed by atoms with Crippen molar-refractivity contribution in [3.63, 3.8) is 0 Å². The minimum absolute atomic E-state index is 0.453. The molecule has 5 heteroatoms. The maximum atomic E-state index is 10.1. The lowest BCUT2D eigenvalue weighted by Gasteiger charge is -2.09. The van der Waals surface area contributed by atoms with E-state index in [0.29, 0.717) is 12.1 Å². The van der Waals surface area contributed by atoms with Gasteiger partial charge in [0.25, 0.3) is 0 Å². The molecular weight excluding hydrogens is 216 g/mol. The normalized spacial score (nSPS) is 12.6. The summed E-state index contributed by atoms with van der Waals surface area (Å²) in [6, 6.07) is 1.73. The van der Waals surface area contributed by atoms with Crippen molar-refractivity contribution in [2.45, 2.75) is 26.0 Å². The van der Waals surface area contributed by atoms with Gasteiger partial charge >= 0.3 is 0 Å². The van der Waals surface area contributed by atoms with Crippen molar-refractivity contribution < 1.29 is 5.11 Å². The summed E-state index contributed by atoms with van der Waals surface area (Å²) in [4.78, 5) is 4.00. The molecule has 0 fully saturated rings. The lowest BCUT2D eigenvalue weighted by molar-refractivity contribution is 0.178. The number of pyridine rings is 1. The Labute approximate surface area is 99.9 Å². The Balaban J connectivity index is 2.11. The number of hydrogen-bond donors (Lipinski definition) is 2. The zero-order chi connectivity index (χ0) is 12.3. The first-order valence-electron chi connectivity index (χ1n) is 5.59. The summed E-state index contributed by atoms with van der Waals surface area (Å²) in [7, 11) is 0. The van der Waals surface area contributed by atoms with Crippen LogP contribution in [0.15, 0.2) is 30.9 Å². The van der Waals surface area contributed by atoms with Crippen LogP contribution in [0.25, 0.3) is 0 Å². The molecule has 0 aromatic carbocycles. The Morgan fingerprint density at radius 3 is 2.94 bits per heavy atom. The van der Waals surface area contributed by atoms with Gasteiger partial charge in [-0.05, 0) is 18.6 Å². The molecule has 2 aromatic rings. The van der Waals surface area contributed by atoms with Crippen molar-refractivity contribution in [3.05, 3.63) is 42.0 Å². The maximum absolute atomic E-state index is 10.1. The van der Waals surface area contributed by atoms with Crippen molar-refractivity contribution in [2.24, 2.45) is 0 Å². The highest BCUT2D eigenvalue weighted by Gasteiger charge is 2.12. The Morgan fingerprint density at radius 1 is 1.47 bits per heavy atom. The van der Waals surface area contributed by atoms with E-state index in [1.165, 1.54) is 0 Å². The van der Waals surface area contributed by atoms with Crippen LogP contribution in [0.3, 0.4) is 0 Å². The Hall–Kier alpha value is -1.88. The molecule has 0 saturated carbocycles. The van der Waals surface area contributed by atoms with E-state index in [0.717, 1.165) is 17.7 Å². The molecule has 2 heterocycles. The monoisotopic (exact) mass is 232 g/mol. The van der Waals surface area contributed by atoms with Gasteiger partial charge in [0.2, 0.25) is 0 Å². The molecule has 90 valence electrons. The predicted octanol–water partition coefficient (Wildman–Crippen LogP) is 1.16. The van der Waals surface area contributed by atoms with Gasteiger partial charge in [-0.2, -0.15) is 5.10 Å². The third kappa shape index (κ3) is 2.62. The summed E-state index contributed by atoms with van der Waals surface area (Å²) < 4.78 is 1.78. The third-order valence-corrected chi connectivity index (χ3v) is 2.72. The van der Waals surface area contributed by atoms with E-state index in [1.54, 1.807) is 29.3 Å². The molecule has 0 bridgehead atoms. The molecule has 0 spiro atoms. The van der Waals surface area contributed by atoms with Crippen molar-refractivity contribution in [1.29, 1.82) is 0 Å². The van der Waals surface area contributed by atoms with E-state index in [-0.39, 0.29) is 0 Å². The van der Waals surface area contributed by atoms with E-state index in [1.807, 2.05) is 13.1 Å². The van der Waals surface area contributed by atoms with Gasteiger partial charge in [0.15, 0.2) is 0 Å². The van der Waals surface area contributed by atoms with Crippen molar-refractivity contribution >= 4 is 5.69 Å². The van der Waals surface area contributed by atoms with Crippen molar-refractivity contribution in [3.8, 4) is 0 Å². The molecule has 5 nitrogen and oxygen atoms in total. The number of nitrogens with two attached hydrogens (primary N) is 1. The molecule has 0 saturated heterocycles. The summed E-state index contributed by atoms with van der Waals surface area (Å²) in [6.07, 6.45) is 6.71. The second-order valence-corrected chi connectivity index (χ2v) is 3.92. The second kappa shape index (κ2) is 4.97. The number of nitrogens with zero attached hydrogens (tertiary/aromatic N) is 3. The van der Waals surface area contributed by atoms with Gasteiger partial charge in [-0.25, -0.2) is 0 Å². The Kier molecular flexibility index (Phi) is 3.39. The van der Waals surface area contributed by atoms with Gasteiger partial charge in [-0.1, -0.05) is 0 Å². The van der Waals surface area contributed by atoms with Crippen LogP contribution in [0.4, 0.5) is 5.69 Å². The minimum atomic E-state index is -0.596. The largest absolute Gasteiger partial charge is 0.398 e. The van der Waals surface area contributed by atoms with Gasteiger partial charge < -0.3 is 10.8 Å². The average molecular weight is 232 g/mol. The third-order valence-electron chi connectivity index (χ3n) is 2.72. The highest BCUT2D eigenvalue weighted by molar-refractivity contribution is 5.44. The number of anilines is 1. The first-order valence-corrected chi connectivity index (χ1v) is 5.59. The van der Waals surface area contributed by atoms with Crippen molar-refractivity contribution in [1.82, 2.24) is 14.8 Å². The highest BCUT2D eigenvalue weighted by atomic mass is 16.3.